The predicted molar refractivity (Wildman–Crippen MR) is 87.9 cm³/mol. The van der Waals surface area contributed by atoms with Crippen molar-refractivity contribution in [1.82, 2.24) is 19.7 Å². The number of anilines is 1. The maximum Gasteiger partial charge on any atom is 0.335 e. The smallest absolute Gasteiger partial charge is 0.335 e. The van der Waals surface area contributed by atoms with E-state index in [-0.39, 0.29) is 23.7 Å². The third-order valence-electron chi connectivity index (χ3n) is 2.57. The van der Waals surface area contributed by atoms with Gasteiger partial charge in [0, 0.05) is 5.33 Å². The molecule has 0 aromatic carbocycles. The van der Waals surface area contributed by atoms with Crippen molar-refractivity contribution in [3.63, 3.8) is 0 Å². The molecular formula is C10H15Br2N5O4S. The van der Waals surface area contributed by atoms with Crippen LogP contribution in [0, 0.1) is 6.92 Å². The van der Waals surface area contributed by atoms with E-state index in [4.69, 9.17) is 4.74 Å². The number of methoxy groups -OCH3 is 1. The zero-order valence-corrected chi connectivity index (χ0v) is 16.0. The van der Waals surface area contributed by atoms with Crippen LogP contribution < -0.4 is 14.8 Å². The molecule has 1 heterocycles. The van der Waals surface area contributed by atoms with Gasteiger partial charge >= 0.3 is 12.0 Å². The molecular weight excluding hydrogens is 446 g/mol. The number of hydrogen-bond acceptors (Lipinski definition) is 7. The highest BCUT2D eigenvalue weighted by Gasteiger charge is 2.40. The lowest BCUT2D eigenvalue weighted by Gasteiger charge is -2.23. The van der Waals surface area contributed by atoms with Gasteiger partial charge in [0.15, 0.2) is 3.66 Å². The van der Waals surface area contributed by atoms with Crippen molar-refractivity contribution in [2.24, 2.45) is 0 Å². The van der Waals surface area contributed by atoms with E-state index in [1.165, 1.54) is 7.11 Å². The summed E-state index contributed by atoms with van der Waals surface area (Å²) in [6.45, 7) is 3.25. The highest BCUT2D eigenvalue weighted by Crippen LogP contribution is 2.30. The van der Waals surface area contributed by atoms with Crippen LogP contribution in [0.25, 0.3) is 0 Å². The van der Waals surface area contributed by atoms with Crippen LogP contribution in [-0.4, -0.2) is 45.5 Å². The summed E-state index contributed by atoms with van der Waals surface area (Å²) >= 11 is 6.22. The highest BCUT2D eigenvalue weighted by molar-refractivity contribution is 9.13. The molecule has 124 valence electrons. The second kappa shape index (κ2) is 7.51. The Kier molecular flexibility index (Phi) is 6.50. The van der Waals surface area contributed by atoms with Gasteiger partial charge in [-0.2, -0.15) is 15.0 Å². The molecule has 0 spiro atoms. The van der Waals surface area contributed by atoms with E-state index < -0.39 is 19.7 Å². The van der Waals surface area contributed by atoms with Crippen molar-refractivity contribution >= 4 is 53.9 Å². The van der Waals surface area contributed by atoms with Crippen molar-refractivity contribution in [3.05, 3.63) is 5.82 Å². The number of aromatic nitrogens is 3. The SMILES string of the molecule is CCC(Br)(CBr)S(=O)(=O)NC(=O)Nc1nc(C)nc(OC)n1. The zero-order chi connectivity index (χ0) is 17.0. The number of urea groups is 1. The fraction of sp³-hybridized carbons (Fsp3) is 0.600. The number of nitrogens with zero attached hydrogens (tertiary/aromatic N) is 3. The first-order valence-electron chi connectivity index (χ1n) is 6.02. The van der Waals surface area contributed by atoms with Crippen LogP contribution in [0.4, 0.5) is 10.7 Å². The van der Waals surface area contributed by atoms with Gasteiger partial charge in [0.05, 0.1) is 7.11 Å². The Balaban J connectivity index is 2.89. The van der Waals surface area contributed by atoms with Crippen LogP contribution in [0.2, 0.25) is 0 Å². The Bertz CT molecular complexity index is 651. The standard InChI is InChI=1S/C10H15Br2N5O4S/c1-4-10(12,5-11)22(19,20)17-8(18)15-7-13-6(2)14-9(16-7)21-3/h4-5H2,1-3H3,(H2,13,14,15,16,17,18). The molecule has 0 saturated heterocycles. The van der Waals surface area contributed by atoms with Crippen molar-refractivity contribution in [1.29, 1.82) is 0 Å². The average Bonchev–Trinajstić information content (AvgIpc) is 2.44. The van der Waals surface area contributed by atoms with Crippen molar-refractivity contribution in [2.75, 3.05) is 17.8 Å². The van der Waals surface area contributed by atoms with Crippen molar-refractivity contribution in [2.45, 2.75) is 23.9 Å². The zero-order valence-electron chi connectivity index (χ0n) is 12.1. The van der Waals surface area contributed by atoms with Gasteiger partial charge in [-0.1, -0.05) is 38.8 Å². The van der Waals surface area contributed by atoms with E-state index in [0.29, 0.717) is 5.82 Å². The number of alkyl halides is 2. The molecule has 2 amide bonds. The molecule has 0 bridgehead atoms. The van der Waals surface area contributed by atoms with E-state index in [9.17, 15) is 13.2 Å². The predicted octanol–water partition coefficient (Wildman–Crippen LogP) is 1.54. The Morgan fingerprint density at radius 3 is 2.50 bits per heavy atom. The lowest BCUT2D eigenvalue weighted by Crippen LogP contribution is -2.46. The number of carbonyl (C=O) groups excluding carboxylic acids is 1. The number of sulfonamides is 1. The fourth-order valence-corrected chi connectivity index (χ4v) is 3.85. The first kappa shape index (κ1) is 19.0. The Hall–Kier alpha value is -1.01. The summed E-state index contributed by atoms with van der Waals surface area (Å²) in [5.74, 6) is 0.196. The number of hydrogen-bond donors (Lipinski definition) is 2. The number of nitrogens with one attached hydrogen (secondary N) is 2. The van der Waals surface area contributed by atoms with Gasteiger partial charge in [-0.05, 0) is 13.3 Å². The molecule has 0 aliphatic carbocycles. The number of amides is 2. The summed E-state index contributed by atoms with van der Waals surface area (Å²) in [5, 5.41) is 2.34. The summed E-state index contributed by atoms with van der Waals surface area (Å²) in [7, 11) is -2.60. The van der Waals surface area contributed by atoms with Gasteiger partial charge in [0.1, 0.15) is 5.82 Å². The molecule has 1 unspecified atom stereocenters. The number of halogens is 2. The van der Waals surface area contributed by atoms with Gasteiger partial charge in [-0.25, -0.2) is 17.9 Å². The average molecular weight is 461 g/mol. The molecule has 1 rings (SSSR count). The van der Waals surface area contributed by atoms with E-state index in [2.05, 4.69) is 52.1 Å². The van der Waals surface area contributed by atoms with Crippen LogP contribution in [0.5, 0.6) is 6.01 Å². The van der Waals surface area contributed by atoms with Crippen molar-refractivity contribution in [3.8, 4) is 6.01 Å². The monoisotopic (exact) mass is 459 g/mol. The third-order valence-corrected chi connectivity index (χ3v) is 8.62. The molecule has 0 fully saturated rings. The van der Waals surface area contributed by atoms with Gasteiger partial charge in [0.2, 0.25) is 5.95 Å². The Morgan fingerprint density at radius 1 is 1.36 bits per heavy atom. The summed E-state index contributed by atoms with van der Waals surface area (Å²) in [5.41, 5.74) is 0. The normalized spacial score (nSPS) is 14.0. The lowest BCUT2D eigenvalue weighted by atomic mass is 10.4. The molecule has 1 aromatic rings. The maximum atomic E-state index is 12.2. The Labute approximate surface area is 145 Å². The summed E-state index contributed by atoms with van der Waals surface area (Å²) in [4.78, 5) is 23.3. The largest absolute Gasteiger partial charge is 0.467 e. The summed E-state index contributed by atoms with van der Waals surface area (Å²) in [6, 6.07) is -0.972. The van der Waals surface area contributed by atoms with Crippen LogP contribution in [0.3, 0.4) is 0 Å². The van der Waals surface area contributed by atoms with Crippen LogP contribution in [0.1, 0.15) is 19.2 Å². The summed E-state index contributed by atoms with van der Waals surface area (Å²) < 4.78 is 29.8. The Morgan fingerprint density at radius 2 is 2.00 bits per heavy atom. The third kappa shape index (κ3) is 4.49. The van der Waals surface area contributed by atoms with E-state index in [1.807, 2.05) is 4.72 Å². The van der Waals surface area contributed by atoms with Crippen LogP contribution >= 0.6 is 31.9 Å². The second-order valence-electron chi connectivity index (χ2n) is 4.12. The maximum absolute atomic E-state index is 12.2. The number of aryl methyl sites for hydroxylation is 1. The number of carbonyl (C=O) groups is 1. The number of ether oxygens (including phenoxy) is 1. The molecule has 0 aliphatic rings. The van der Waals surface area contributed by atoms with Gasteiger partial charge in [-0.15, -0.1) is 0 Å². The van der Waals surface area contributed by atoms with Gasteiger partial charge in [-0.3, -0.25) is 5.32 Å². The molecule has 1 atom stereocenters. The first-order chi connectivity index (χ1) is 10.2. The van der Waals surface area contributed by atoms with Crippen LogP contribution in [0.15, 0.2) is 0 Å². The first-order valence-corrected chi connectivity index (χ1v) is 9.42. The molecule has 12 heteroatoms. The molecule has 22 heavy (non-hydrogen) atoms. The quantitative estimate of drug-likeness (QED) is 0.617. The minimum atomic E-state index is -3.96. The molecule has 0 aliphatic heterocycles. The topological polar surface area (TPSA) is 123 Å². The summed E-state index contributed by atoms with van der Waals surface area (Å²) in [6.07, 6.45) is 0.250. The van der Waals surface area contributed by atoms with Gasteiger partial charge in [0.25, 0.3) is 10.0 Å². The highest BCUT2D eigenvalue weighted by atomic mass is 79.9. The van der Waals surface area contributed by atoms with E-state index >= 15 is 0 Å². The minimum absolute atomic E-state index is 0.00881. The molecule has 2 N–H and O–H groups in total. The fourth-order valence-electron chi connectivity index (χ4n) is 1.30. The van der Waals surface area contributed by atoms with Gasteiger partial charge < -0.3 is 4.74 Å². The lowest BCUT2D eigenvalue weighted by molar-refractivity contribution is 0.256. The van der Waals surface area contributed by atoms with Crippen molar-refractivity contribution < 1.29 is 17.9 Å². The number of rotatable bonds is 6. The van der Waals surface area contributed by atoms with Crippen LogP contribution in [-0.2, 0) is 10.0 Å². The minimum Gasteiger partial charge on any atom is -0.467 e. The molecule has 9 nitrogen and oxygen atoms in total. The van der Waals surface area contributed by atoms with E-state index in [0.717, 1.165) is 0 Å². The molecule has 0 radical (unpaired) electrons. The van der Waals surface area contributed by atoms with E-state index in [1.54, 1.807) is 13.8 Å². The molecule has 1 aromatic heterocycles. The molecule has 0 saturated carbocycles. The second-order valence-corrected chi connectivity index (χ2v) is 8.72.